The predicted molar refractivity (Wildman–Crippen MR) is 80.8 cm³/mol. The zero-order valence-electron chi connectivity index (χ0n) is 11.7. The van der Waals surface area contributed by atoms with Crippen LogP contribution >= 0.6 is 11.3 Å². The molecule has 2 rings (SSSR count). The van der Waals surface area contributed by atoms with Crippen molar-refractivity contribution in [2.24, 2.45) is 5.73 Å². The number of rotatable bonds is 4. The molecule has 20 heavy (non-hydrogen) atoms. The fourth-order valence-electron chi connectivity index (χ4n) is 2.20. The highest BCUT2D eigenvalue weighted by Gasteiger charge is 2.23. The van der Waals surface area contributed by atoms with Gasteiger partial charge in [-0.3, -0.25) is 4.79 Å². The molecule has 108 valence electrons. The van der Waals surface area contributed by atoms with Crippen LogP contribution in [0.2, 0.25) is 0 Å². The predicted octanol–water partition coefficient (Wildman–Crippen LogP) is 1.70. The maximum absolute atomic E-state index is 12.5. The molecule has 1 unspecified atom stereocenters. The average Bonchev–Trinajstić information content (AvgIpc) is 3.13. The first-order valence-electron chi connectivity index (χ1n) is 6.94. The quantitative estimate of drug-likeness (QED) is 0.859. The number of thiophene rings is 1. The number of nitrogens with two attached hydrogens (primary N) is 1. The van der Waals surface area contributed by atoms with E-state index in [1.807, 2.05) is 24.0 Å². The van der Waals surface area contributed by atoms with E-state index in [0.29, 0.717) is 19.6 Å². The van der Waals surface area contributed by atoms with Gasteiger partial charge in [-0.15, -0.1) is 11.3 Å². The Hall–Kier alpha value is -1.35. The molecule has 4 nitrogen and oxygen atoms in total. The maximum atomic E-state index is 12.5. The van der Waals surface area contributed by atoms with Gasteiger partial charge < -0.3 is 15.4 Å². The van der Waals surface area contributed by atoms with E-state index in [1.165, 1.54) is 11.3 Å². The molecular weight excluding hydrogens is 272 g/mol. The van der Waals surface area contributed by atoms with Crippen molar-refractivity contribution >= 4 is 17.2 Å². The van der Waals surface area contributed by atoms with Gasteiger partial charge in [-0.2, -0.15) is 0 Å². The van der Waals surface area contributed by atoms with Gasteiger partial charge in [0.1, 0.15) is 0 Å². The first-order valence-corrected chi connectivity index (χ1v) is 7.76. The molecule has 1 atom stereocenters. The van der Waals surface area contributed by atoms with Gasteiger partial charge in [-0.05, 0) is 31.9 Å². The van der Waals surface area contributed by atoms with Gasteiger partial charge in [0.25, 0.3) is 5.91 Å². The Balaban J connectivity index is 2.01. The molecule has 1 aromatic heterocycles. The number of amides is 1. The third-order valence-corrected chi connectivity index (χ3v) is 4.24. The van der Waals surface area contributed by atoms with Crippen molar-refractivity contribution in [2.75, 3.05) is 26.2 Å². The lowest BCUT2D eigenvalue weighted by molar-refractivity contribution is 0.0543. The van der Waals surface area contributed by atoms with Crippen LogP contribution in [0.25, 0.3) is 0 Å². The summed E-state index contributed by atoms with van der Waals surface area (Å²) in [7, 11) is 0. The second-order valence-corrected chi connectivity index (χ2v) is 5.73. The van der Waals surface area contributed by atoms with Crippen molar-refractivity contribution < 1.29 is 9.53 Å². The smallest absolute Gasteiger partial charge is 0.264 e. The van der Waals surface area contributed by atoms with Gasteiger partial charge in [0.05, 0.1) is 22.4 Å². The molecule has 1 amide bonds. The lowest BCUT2D eigenvalue weighted by Gasteiger charge is -2.23. The Morgan fingerprint density at radius 2 is 2.45 bits per heavy atom. The molecule has 2 heterocycles. The van der Waals surface area contributed by atoms with E-state index in [4.69, 9.17) is 10.5 Å². The highest BCUT2D eigenvalue weighted by atomic mass is 32.1. The summed E-state index contributed by atoms with van der Waals surface area (Å²) >= 11 is 1.42. The summed E-state index contributed by atoms with van der Waals surface area (Å²) < 4.78 is 5.60. The largest absolute Gasteiger partial charge is 0.376 e. The Kier molecular flexibility index (Phi) is 5.60. The topological polar surface area (TPSA) is 55.6 Å². The number of ether oxygens (including phenoxy) is 1. The van der Waals surface area contributed by atoms with E-state index < -0.39 is 0 Å². The van der Waals surface area contributed by atoms with Crippen LogP contribution in [0.1, 0.15) is 34.3 Å². The standard InChI is InChI=1S/C15H20N2O2S/c1-2-17(11-12-5-4-10-19-12)15(18)14-8-7-13(20-14)6-3-9-16/h7-8,12H,2,4-5,9-11,16H2,1H3. The molecule has 1 aliphatic heterocycles. The number of nitrogens with zero attached hydrogens (tertiary/aromatic N) is 1. The Labute approximate surface area is 123 Å². The van der Waals surface area contributed by atoms with Gasteiger partial charge in [0, 0.05) is 19.7 Å². The molecule has 0 saturated carbocycles. The van der Waals surface area contributed by atoms with E-state index >= 15 is 0 Å². The molecular formula is C15H20N2O2S. The van der Waals surface area contributed by atoms with Crippen molar-refractivity contribution in [2.45, 2.75) is 25.9 Å². The van der Waals surface area contributed by atoms with E-state index in [-0.39, 0.29) is 12.0 Å². The number of hydrogen-bond acceptors (Lipinski definition) is 4. The van der Waals surface area contributed by atoms with Crippen LogP contribution in [0.4, 0.5) is 0 Å². The summed E-state index contributed by atoms with van der Waals surface area (Å²) in [4.78, 5) is 15.9. The molecule has 1 fully saturated rings. The third kappa shape index (κ3) is 3.83. The zero-order chi connectivity index (χ0) is 14.4. The van der Waals surface area contributed by atoms with Crippen molar-refractivity contribution in [3.8, 4) is 11.8 Å². The first-order chi connectivity index (χ1) is 9.74. The number of carbonyl (C=O) groups is 1. The molecule has 1 saturated heterocycles. The maximum Gasteiger partial charge on any atom is 0.264 e. The van der Waals surface area contributed by atoms with Gasteiger partial charge in [0.2, 0.25) is 0 Å². The zero-order valence-corrected chi connectivity index (χ0v) is 12.5. The van der Waals surface area contributed by atoms with E-state index in [0.717, 1.165) is 29.2 Å². The van der Waals surface area contributed by atoms with E-state index in [2.05, 4.69) is 11.8 Å². The molecule has 2 N–H and O–H groups in total. The number of hydrogen-bond donors (Lipinski definition) is 1. The number of carbonyl (C=O) groups excluding carboxylic acids is 1. The van der Waals surface area contributed by atoms with Crippen molar-refractivity contribution in [3.63, 3.8) is 0 Å². The van der Waals surface area contributed by atoms with Crippen molar-refractivity contribution in [1.82, 2.24) is 4.90 Å². The van der Waals surface area contributed by atoms with Crippen LogP contribution in [-0.4, -0.2) is 43.2 Å². The summed E-state index contributed by atoms with van der Waals surface area (Å²) in [6, 6.07) is 3.71. The van der Waals surface area contributed by atoms with Gasteiger partial charge in [0.15, 0.2) is 0 Å². The summed E-state index contributed by atoms with van der Waals surface area (Å²) in [6.45, 7) is 4.52. The van der Waals surface area contributed by atoms with Crippen molar-refractivity contribution in [1.29, 1.82) is 0 Å². The minimum atomic E-state index is 0.0637. The van der Waals surface area contributed by atoms with Crippen LogP contribution in [0.5, 0.6) is 0 Å². The second-order valence-electron chi connectivity index (χ2n) is 4.65. The fourth-order valence-corrected chi connectivity index (χ4v) is 3.05. The third-order valence-electron chi connectivity index (χ3n) is 3.25. The van der Waals surface area contributed by atoms with E-state index in [9.17, 15) is 4.79 Å². The lowest BCUT2D eigenvalue weighted by atomic mass is 10.2. The number of likely N-dealkylation sites (N-methyl/N-ethyl adjacent to an activating group) is 1. The molecule has 0 radical (unpaired) electrons. The Bertz CT molecular complexity index is 509. The minimum absolute atomic E-state index is 0.0637. The highest BCUT2D eigenvalue weighted by molar-refractivity contribution is 7.14. The normalized spacial score (nSPS) is 17.6. The van der Waals surface area contributed by atoms with Crippen LogP contribution in [0.3, 0.4) is 0 Å². The van der Waals surface area contributed by atoms with Crippen LogP contribution in [0, 0.1) is 11.8 Å². The Morgan fingerprint density at radius 3 is 3.10 bits per heavy atom. The monoisotopic (exact) mass is 292 g/mol. The van der Waals surface area contributed by atoms with Crippen LogP contribution in [-0.2, 0) is 4.74 Å². The SMILES string of the molecule is CCN(CC1CCCO1)C(=O)c1ccc(C#CCN)s1. The van der Waals surface area contributed by atoms with Crippen molar-refractivity contribution in [3.05, 3.63) is 21.9 Å². The van der Waals surface area contributed by atoms with Crippen LogP contribution < -0.4 is 5.73 Å². The van der Waals surface area contributed by atoms with Crippen LogP contribution in [0.15, 0.2) is 12.1 Å². The summed E-state index contributed by atoms with van der Waals surface area (Å²) in [5.74, 6) is 5.82. The fraction of sp³-hybridized carbons (Fsp3) is 0.533. The second kappa shape index (κ2) is 7.44. The molecule has 5 heteroatoms. The van der Waals surface area contributed by atoms with Gasteiger partial charge in [-0.1, -0.05) is 11.8 Å². The Morgan fingerprint density at radius 1 is 1.60 bits per heavy atom. The molecule has 0 aliphatic carbocycles. The summed E-state index contributed by atoms with van der Waals surface area (Å²) in [6.07, 6.45) is 2.32. The molecule has 0 bridgehead atoms. The molecule has 0 spiro atoms. The average molecular weight is 292 g/mol. The molecule has 1 aliphatic rings. The molecule has 1 aromatic rings. The minimum Gasteiger partial charge on any atom is -0.376 e. The summed E-state index contributed by atoms with van der Waals surface area (Å²) in [5.41, 5.74) is 5.35. The summed E-state index contributed by atoms with van der Waals surface area (Å²) in [5, 5.41) is 0. The van der Waals surface area contributed by atoms with Gasteiger partial charge in [-0.25, -0.2) is 0 Å². The van der Waals surface area contributed by atoms with Gasteiger partial charge >= 0.3 is 0 Å². The van der Waals surface area contributed by atoms with E-state index in [1.54, 1.807) is 0 Å². The highest BCUT2D eigenvalue weighted by Crippen LogP contribution is 2.19. The molecule has 0 aromatic carbocycles. The lowest BCUT2D eigenvalue weighted by Crippen LogP contribution is -2.36. The first kappa shape index (κ1) is 15.0.